The lowest BCUT2D eigenvalue weighted by Crippen LogP contribution is -2.54. The molecule has 0 radical (unpaired) electrons. The number of carbonyl (C=O) groups excluding carboxylic acids is 1. The summed E-state index contributed by atoms with van der Waals surface area (Å²) in [7, 11) is 0. The van der Waals surface area contributed by atoms with Gasteiger partial charge in [-0.3, -0.25) is 9.69 Å². The highest BCUT2D eigenvalue weighted by Crippen LogP contribution is 2.25. The van der Waals surface area contributed by atoms with Crippen LogP contribution in [0.5, 0.6) is 0 Å². The zero-order valence-corrected chi connectivity index (χ0v) is 18.2. The van der Waals surface area contributed by atoms with Crippen LogP contribution >= 0.6 is 0 Å². The Kier molecular flexibility index (Phi) is 8.12. The van der Waals surface area contributed by atoms with E-state index in [9.17, 15) is 14.9 Å². The maximum Gasteiger partial charge on any atom is 0.354 e. The SMILES string of the molecule is CCC(CC)N1CCC(C#N)(NC(=O)C(CC(C)C)Nc2nccc(C(=O)O)n2)C1. The van der Waals surface area contributed by atoms with Gasteiger partial charge in [-0.25, -0.2) is 14.8 Å². The molecular weight excluding hydrogens is 384 g/mol. The van der Waals surface area contributed by atoms with Crippen LogP contribution in [0.25, 0.3) is 0 Å². The molecule has 0 bridgehead atoms. The van der Waals surface area contributed by atoms with E-state index in [1.807, 2.05) is 13.8 Å². The van der Waals surface area contributed by atoms with Gasteiger partial charge in [0.25, 0.3) is 0 Å². The third kappa shape index (κ3) is 5.89. The third-order valence-electron chi connectivity index (χ3n) is 5.54. The standard InChI is InChI=1S/C21H32N6O3/c1-5-15(6-2)27-10-8-21(12-22,13-27)26-18(28)17(11-14(3)4)25-20-23-9-7-16(24-20)19(29)30/h7,9,14-15,17H,5-6,8,10-11,13H2,1-4H3,(H,26,28)(H,29,30)(H,23,24,25). The van der Waals surface area contributed by atoms with Gasteiger partial charge in [-0.05, 0) is 37.7 Å². The summed E-state index contributed by atoms with van der Waals surface area (Å²) in [5.41, 5.74) is -1.08. The lowest BCUT2D eigenvalue weighted by Gasteiger charge is -2.30. The van der Waals surface area contributed by atoms with Crippen LogP contribution in [-0.2, 0) is 4.79 Å². The second-order valence-corrected chi connectivity index (χ2v) is 8.27. The summed E-state index contributed by atoms with van der Waals surface area (Å²) in [5.74, 6) is -1.20. The Morgan fingerprint density at radius 3 is 2.63 bits per heavy atom. The van der Waals surface area contributed by atoms with Crippen molar-refractivity contribution in [2.24, 2.45) is 5.92 Å². The van der Waals surface area contributed by atoms with Crippen LogP contribution < -0.4 is 10.6 Å². The molecule has 164 valence electrons. The summed E-state index contributed by atoms with van der Waals surface area (Å²) in [6.45, 7) is 9.51. The number of hydrogen-bond donors (Lipinski definition) is 3. The minimum atomic E-state index is -1.17. The highest BCUT2D eigenvalue weighted by Gasteiger charge is 2.42. The average Bonchev–Trinajstić information content (AvgIpc) is 3.12. The summed E-state index contributed by atoms with van der Waals surface area (Å²) in [5, 5.41) is 24.9. The summed E-state index contributed by atoms with van der Waals surface area (Å²) in [6, 6.07) is 3.34. The molecule has 2 unspecified atom stereocenters. The minimum absolute atomic E-state index is 0.0757. The van der Waals surface area contributed by atoms with E-state index in [2.05, 4.69) is 45.4 Å². The van der Waals surface area contributed by atoms with Gasteiger partial charge in [0.2, 0.25) is 11.9 Å². The zero-order chi connectivity index (χ0) is 22.3. The van der Waals surface area contributed by atoms with Gasteiger partial charge < -0.3 is 15.7 Å². The Hall–Kier alpha value is -2.73. The van der Waals surface area contributed by atoms with E-state index in [0.717, 1.165) is 19.4 Å². The Labute approximate surface area is 177 Å². The van der Waals surface area contributed by atoms with Gasteiger partial charge in [0.05, 0.1) is 6.07 Å². The van der Waals surface area contributed by atoms with E-state index in [0.29, 0.717) is 25.4 Å². The first-order valence-corrected chi connectivity index (χ1v) is 10.5. The first kappa shape index (κ1) is 23.5. The number of nitrogens with zero attached hydrogens (tertiary/aromatic N) is 4. The normalized spacial score (nSPS) is 20.2. The molecule has 1 aliphatic heterocycles. The van der Waals surface area contributed by atoms with Crippen LogP contribution in [0.2, 0.25) is 0 Å². The molecule has 0 aromatic carbocycles. The number of rotatable bonds is 10. The van der Waals surface area contributed by atoms with Gasteiger partial charge in [-0.1, -0.05) is 27.7 Å². The van der Waals surface area contributed by atoms with Gasteiger partial charge in [0, 0.05) is 25.3 Å². The largest absolute Gasteiger partial charge is 0.477 e. The van der Waals surface area contributed by atoms with Crippen LogP contribution in [0.15, 0.2) is 12.3 Å². The number of hydrogen-bond acceptors (Lipinski definition) is 7. The van der Waals surface area contributed by atoms with E-state index in [-0.39, 0.29) is 23.5 Å². The number of amides is 1. The third-order valence-corrected chi connectivity index (χ3v) is 5.54. The predicted molar refractivity (Wildman–Crippen MR) is 113 cm³/mol. The number of aromatic nitrogens is 2. The lowest BCUT2D eigenvalue weighted by atomic mass is 9.97. The number of nitriles is 1. The molecule has 1 fully saturated rings. The average molecular weight is 417 g/mol. The van der Waals surface area contributed by atoms with Crippen molar-refractivity contribution in [2.75, 3.05) is 18.4 Å². The fourth-order valence-electron chi connectivity index (χ4n) is 3.91. The second-order valence-electron chi connectivity index (χ2n) is 8.27. The van der Waals surface area contributed by atoms with Gasteiger partial charge in [-0.15, -0.1) is 0 Å². The molecule has 9 heteroatoms. The maximum atomic E-state index is 13.1. The summed E-state index contributed by atoms with van der Waals surface area (Å²) in [6.07, 6.45) is 4.40. The van der Waals surface area contributed by atoms with Gasteiger partial charge in [0.15, 0.2) is 5.69 Å². The zero-order valence-electron chi connectivity index (χ0n) is 18.2. The lowest BCUT2D eigenvalue weighted by molar-refractivity contribution is -0.123. The molecule has 0 spiro atoms. The molecule has 1 aromatic heterocycles. The molecule has 3 N–H and O–H groups in total. The van der Waals surface area contributed by atoms with E-state index in [1.165, 1.54) is 12.3 Å². The first-order valence-electron chi connectivity index (χ1n) is 10.5. The molecule has 1 saturated heterocycles. The van der Waals surface area contributed by atoms with Crippen molar-refractivity contribution in [3.8, 4) is 6.07 Å². The molecule has 2 atom stereocenters. The first-order chi connectivity index (χ1) is 14.2. The molecule has 30 heavy (non-hydrogen) atoms. The number of carbonyl (C=O) groups is 2. The van der Waals surface area contributed by atoms with Crippen molar-refractivity contribution in [2.45, 2.75) is 71.0 Å². The van der Waals surface area contributed by atoms with E-state index in [4.69, 9.17) is 5.11 Å². The van der Waals surface area contributed by atoms with Gasteiger partial charge in [0.1, 0.15) is 11.6 Å². The van der Waals surface area contributed by atoms with Crippen molar-refractivity contribution < 1.29 is 14.7 Å². The Balaban J connectivity index is 2.15. The predicted octanol–water partition coefficient (Wildman–Crippen LogP) is 2.27. The fourth-order valence-corrected chi connectivity index (χ4v) is 3.91. The number of anilines is 1. The van der Waals surface area contributed by atoms with Crippen molar-refractivity contribution in [3.05, 3.63) is 18.0 Å². The molecule has 1 aliphatic rings. The van der Waals surface area contributed by atoms with Crippen molar-refractivity contribution in [1.82, 2.24) is 20.2 Å². The number of nitrogens with one attached hydrogen (secondary N) is 2. The minimum Gasteiger partial charge on any atom is -0.477 e. The van der Waals surface area contributed by atoms with Crippen molar-refractivity contribution in [1.29, 1.82) is 5.26 Å². The molecular formula is C21H32N6O3. The topological polar surface area (TPSA) is 131 Å². The Morgan fingerprint density at radius 1 is 1.37 bits per heavy atom. The van der Waals surface area contributed by atoms with E-state index in [1.54, 1.807) is 0 Å². The van der Waals surface area contributed by atoms with Gasteiger partial charge in [-0.2, -0.15) is 5.26 Å². The molecule has 0 saturated carbocycles. The monoisotopic (exact) mass is 416 g/mol. The van der Waals surface area contributed by atoms with E-state index < -0.39 is 17.6 Å². The van der Waals surface area contributed by atoms with Crippen molar-refractivity contribution in [3.63, 3.8) is 0 Å². The van der Waals surface area contributed by atoms with Crippen LogP contribution in [-0.4, -0.2) is 62.6 Å². The van der Waals surface area contributed by atoms with Crippen molar-refractivity contribution >= 4 is 17.8 Å². The van der Waals surface area contributed by atoms with Crippen LogP contribution in [0.4, 0.5) is 5.95 Å². The second kappa shape index (κ2) is 10.3. The Bertz CT molecular complexity index is 789. The summed E-state index contributed by atoms with van der Waals surface area (Å²) < 4.78 is 0. The van der Waals surface area contributed by atoms with Crippen LogP contribution in [0.1, 0.15) is 63.9 Å². The van der Waals surface area contributed by atoms with Crippen LogP contribution in [0.3, 0.4) is 0 Å². The smallest absolute Gasteiger partial charge is 0.354 e. The number of aromatic carboxylic acids is 1. The van der Waals surface area contributed by atoms with Crippen LogP contribution in [0, 0.1) is 17.2 Å². The molecule has 0 aliphatic carbocycles. The fraction of sp³-hybridized carbons (Fsp3) is 0.667. The Morgan fingerprint density at radius 2 is 2.07 bits per heavy atom. The maximum absolute atomic E-state index is 13.1. The molecule has 1 aromatic rings. The molecule has 2 rings (SSSR count). The summed E-state index contributed by atoms with van der Waals surface area (Å²) >= 11 is 0. The molecule has 9 nitrogen and oxygen atoms in total. The van der Waals surface area contributed by atoms with Gasteiger partial charge >= 0.3 is 5.97 Å². The quantitative estimate of drug-likeness (QED) is 0.529. The number of likely N-dealkylation sites (tertiary alicyclic amines) is 1. The molecule has 1 amide bonds. The van der Waals surface area contributed by atoms with E-state index >= 15 is 0 Å². The highest BCUT2D eigenvalue weighted by atomic mass is 16.4. The highest BCUT2D eigenvalue weighted by molar-refractivity contribution is 5.87. The number of carboxylic acids is 1. The summed E-state index contributed by atoms with van der Waals surface area (Å²) in [4.78, 5) is 34.5. The number of carboxylic acid groups (broad SMARTS) is 1. The molecule has 2 heterocycles.